The van der Waals surface area contributed by atoms with Crippen molar-refractivity contribution in [2.45, 2.75) is 32.7 Å². The fraction of sp³-hybridized carbons (Fsp3) is 0.435. The lowest BCUT2D eigenvalue weighted by Gasteiger charge is -2.29. The van der Waals surface area contributed by atoms with Crippen molar-refractivity contribution < 1.29 is 9.53 Å². The molecule has 4 heteroatoms. The molecule has 0 spiro atoms. The minimum absolute atomic E-state index is 0.0182. The van der Waals surface area contributed by atoms with E-state index >= 15 is 0 Å². The Morgan fingerprint density at radius 1 is 1.07 bits per heavy atom. The first kappa shape index (κ1) is 19.6. The Hall–Kier alpha value is -2.17. The molecule has 1 atom stereocenters. The van der Waals surface area contributed by atoms with Gasteiger partial charge in [-0.1, -0.05) is 44.2 Å². The highest BCUT2D eigenvalue weighted by molar-refractivity contribution is 6.00. The summed E-state index contributed by atoms with van der Waals surface area (Å²) in [6.45, 7) is 7.63. The summed E-state index contributed by atoms with van der Waals surface area (Å²) in [4.78, 5) is 15.1. The highest BCUT2D eigenvalue weighted by Gasteiger charge is 2.26. The van der Waals surface area contributed by atoms with Crippen molar-refractivity contribution in [1.82, 2.24) is 0 Å². The van der Waals surface area contributed by atoms with Crippen LogP contribution in [0.3, 0.4) is 0 Å². The highest BCUT2D eigenvalue weighted by Crippen LogP contribution is 2.28. The number of morpholine rings is 1. The van der Waals surface area contributed by atoms with Gasteiger partial charge in [0.15, 0.2) is 5.78 Å². The zero-order valence-corrected chi connectivity index (χ0v) is 16.4. The molecule has 144 valence electrons. The van der Waals surface area contributed by atoms with Crippen molar-refractivity contribution in [3.63, 3.8) is 0 Å². The van der Waals surface area contributed by atoms with Crippen LogP contribution in [0.4, 0.5) is 5.69 Å². The average molecular weight is 367 g/mol. The largest absolute Gasteiger partial charge is 0.378 e. The Bertz CT molecular complexity index is 735. The molecular formula is C23H30N2O2. The molecule has 1 fully saturated rings. The van der Waals surface area contributed by atoms with Gasteiger partial charge in [0.05, 0.1) is 19.3 Å². The molecule has 2 aromatic carbocycles. The summed E-state index contributed by atoms with van der Waals surface area (Å²) in [5.74, 6) is 0.0182. The molecule has 27 heavy (non-hydrogen) atoms. The number of carbonyl (C=O) groups excluding carboxylic acids is 1. The van der Waals surface area contributed by atoms with E-state index in [0.29, 0.717) is 12.0 Å². The van der Waals surface area contributed by atoms with Crippen LogP contribution in [0.1, 0.15) is 36.2 Å². The summed E-state index contributed by atoms with van der Waals surface area (Å²) in [6.07, 6.45) is 1.57. The molecule has 1 saturated heterocycles. The number of ether oxygens (including phenoxy) is 1. The predicted octanol–water partition coefficient (Wildman–Crippen LogP) is 3.69. The van der Waals surface area contributed by atoms with Crippen LogP contribution >= 0.6 is 0 Å². The predicted molar refractivity (Wildman–Crippen MR) is 110 cm³/mol. The molecule has 0 amide bonds. The Labute approximate surface area is 162 Å². The van der Waals surface area contributed by atoms with E-state index in [-0.39, 0.29) is 11.2 Å². The maximum atomic E-state index is 12.8. The van der Waals surface area contributed by atoms with Gasteiger partial charge in [0, 0.05) is 24.3 Å². The van der Waals surface area contributed by atoms with Gasteiger partial charge in [-0.15, -0.1) is 0 Å². The van der Waals surface area contributed by atoms with Gasteiger partial charge >= 0.3 is 0 Å². The fourth-order valence-electron chi connectivity index (χ4n) is 3.78. The van der Waals surface area contributed by atoms with Gasteiger partial charge in [-0.3, -0.25) is 4.79 Å². The van der Waals surface area contributed by atoms with E-state index in [9.17, 15) is 4.79 Å². The van der Waals surface area contributed by atoms with Gasteiger partial charge in [0.2, 0.25) is 0 Å². The van der Waals surface area contributed by atoms with Crippen LogP contribution in [-0.2, 0) is 11.2 Å². The molecule has 1 heterocycles. The lowest BCUT2D eigenvalue weighted by Crippen LogP contribution is -2.37. The topological polar surface area (TPSA) is 55.6 Å². The number of nitrogens with zero attached hydrogens (tertiary/aromatic N) is 1. The standard InChI is InChI=1S/C23H30N2O2/c1-23(2,16-18-6-4-3-5-7-18)17-21(24)22(26)19-8-10-20(11-9-19)25-12-14-27-15-13-25/h3-11,21H,12-17,24H2,1-2H3. The summed E-state index contributed by atoms with van der Waals surface area (Å²) in [6, 6.07) is 17.7. The fourth-order valence-corrected chi connectivity index (χ4v) is 3.78. The number of Topliss-reactive ketones (excluding diaryl/α,β-unsaturated/α-hetero) is 1. The lowest BCUT2D eigenvalue weighted by molar-refractivity contribution is 0.0934. The van der Waals surface area contributed by atoms with Crippen molar-refractivity contribution in [1.29, 1.82) is 0 Å². The molecule has 0 aliphatic carbocycles. The number of hydrogen-bond donors (Lipinski definition) is 1. The number of benzene rings is 2. The quantitative estimate of drug-likeness (QED) is 0.759. The smallest absolute Gasteiger partial charge is 0.179 e. The van der Waals surface area contributed by atoms with E-state index in [0.717, 1.165) is 38.4 Å². The zero-order valence-electron chi connectivity index (χ0n) is 16.4. The summed E-state index contributed by atoms with van der Waals surface area (Å²) < 4.78 is 5.39. The van der Waals surface area contributed by atoms with Crippen molar-refractivity contribution in [2.24, 2.45) is 11.1 Å². The summed E-state index contributed by atoms with van der Waals surface area (Å²) >= 11 is 0. The molecule has 0 aromatic heterocycles. The molecule has 0 bridgehead atoms. The molecule has 2 aromatic rings. The third-order valence-corrected chi connectivity index (χ3v) is 5.16. The van der Waals surface area contributed by atoms with Crippen LogP contribution in [0.15, 0.2) is 54.6 Å². The van der Waals surface area contributed by atoms with Crippen molar-refractivity contribution >= 4 is 11.5 Å². The second kappa shape index (κ2) is 8.68. The molecule has 0 saturated carbocycles. The first-order valence-electron chi connectivity index (χ1n) is 9.71. The Balaban J connectivity index is 1.60. The van der Waals surface area contributed by atoms with Gasteiger partial charge in [0.1, 0.15) is 0 Å². The number of anilines is 1. The number of nitrogens with two attached hydrogens (primary N) is 1. The third kappa shape index (κ3) is 5.41. The molecule has 3 rings (SSSR count). The molecule has 4 nitrogen and oxygen atoms in total. The molecule has 1 aliphatic rings. The minimum atomic E-state index is -0.488. The van der Waals surface area contributed by atoms with E-state index < -0.39 is 6.04 Å². The second-order valence-corrected chi connectivity index (χ2v) is 8.15. The summed E-state index contributed by atoms with van der Waals surface area (Å²) in [5.41, 5.74) is 9.35. The number of hydrogen-bond acceptors (Lipinski definition) is 4. The Morgan fingerprint density at radius 2 is 1.70 bits per heavy atom. The molecule has 2 N–H and O–H groups in total. The van der Waals surface area contributed by atoms with Crippen molar-refractivity contribution in [2.75, 3.05) is 31.2 Å². The van der Waals surface area contributed by atoms with Crippen LogP contribution in [0.2, 0.25) is 0 Å². The van der Waals surface area contributed by atoms with Gasteiger partial charge in [-0.05, 0) is 48.1 Å². The van der Waals surface area contributed by atoms with Crippen molar-refractivity contribution in [3.8, 4) is 0 Å². The van der Waals surface area contributed by atoms with Crippen LogP contribution in [0.5, 0.6) is 0 Å². The summed E-state index contributed by atoms with van der Waals surface area (Å²) in [7, 11) is 0. The monoisotopic (exact) mass is 366 g/mol. The molecule has 0 radical (unpaired) electrons. The Kier molecular flexibility index (Phi) is 6.30. The van der Waals surface area contributed by atoms with Crippen LogP contribution < -0.4 is 10.6 Å². The summed E-state index contributed by atoms with van der Waals surface area (Å²) in [5, 5.41) is 0. The zero-order chi connectivity index (χ0) is 19.3. The van der Waals surface area contributed by atoms with E-state index in [4.69, 9.17) is 10.5 Å². The van der Waals surface area contributed by atoms with Gasteiger partial charge in [0.25, 0.3) is 0 Å². The molecular weight excluding hydrogens is 336 g/mol. The average Bonchev–Trinajstić information content (AvgIpc) is 2.68. The van der Waals surface area contributed by atoms with E-state index in [1.807, 2.05) is 42.5 Å². The van der Waals surface area contributed by atoms with Crippen molar-refractivity contribution in [3.05, 3.63) is 65.7 Å². The molecule has 1 aliphatic heterocycles. The maximum absolute atomic E-state index is 12.8. The molecule has 1 unspecified atom stereocenters. The number of carbonyl (C=O) groups is 1. The first-order chi connectivity index (χ1) is 12.9. The number of ketones is 1. The minimum Gasteiger partial charge on any atom is -0.378 e. The van der Waals surface area contributed by atoms with Gasteiger partial charge in [-0.2, -0.15) is 0 Å². The number of rotatable bonds is 7. The highest BCUT2D eigenvalue weighted by atomic mass is 16.5. The van der Waals surface area contributed by atoms with Gasteiger partial charge < -0.3 is 15.4 Å². The third-order valence-electron chi connectivity index (χ3n) is 5.16. The maximum Gasteiger partial charge on any atom is 0.179 e. The van der Waals surface area contributed by atoms with Gasteiger partial charge in [-0.25, -0.2) is 0 Å². The van der Waals surface area contributed by atoms with Crippen LogP contribution in [0.25, 0.3) is 0 Å². The normalized spacial score (nSPS) is 16.2. The van der Waals surface area contributed by atoms with Crippen LogP contribution in [-0.4, -0.2) is 38.1 Å². The Morgan fingerprint density at radius 3 is 2.33 bits per heavy atom. The second-order valence-electron chi connectivity index (χ2n) is 8.15. The van der Waals surface area contributed by atoms with Crippen LogP contribution in [0, 0.1) is 5.41 Å². The SMILES string of the molecule is CC(C)(Cc1ccccc1)CC(N)C(=O)c1ccc(N2CCOCC2)cc1. The van der Waals surface area contributed by atoms with E-state index in [1.165, 1.54) is 5.56 Å². The first-order valence-corrected chi connectivity index (χ1v) is 9.71. The lowest BCUT2D eigenvalue weighted by atomic mass is 9.79. The van der Waals surface area contributed by atoms with E-state index in [2.05, 4.69) is 30.9 Å². The van der Waals surface area contributed by atoms with E-state index in [1.54, 1.807) is 0 Å².